The summed E-state index contributed by atoms with van der Waals surface area (Å²) in [6, 6.07) is 8.49. The van der Waals surface area contributed by atoms with Gasteiger partial charge in [-0.15, -0.1) is 0 Å². The van der Waals surface area contributed by atoms with Crippen LogP contribution in [0.4, 0.5) is 4.39 Å². The van der Waals surface area contributed by atoms with E-state index in [4.69, 9.17) is 0 Å². The molecule has 1 aliphatic heterocycles. The summed E-state index contributed by atoms with van der Waals surface area (Å²) in [6.07, 6.45) is 1.63. The molecule has 0 aliphatic carbocycles. The van der Waals surface area contributed by atoms with Crippen LogP contribution >= 0.6 is 11.3 Å². The topological polar surface area (TPSA) is 75.2 Å². The van der Waals surface area contributed by atoms with Crippen molar-refractivity contribution in [2.45, 2.75) is 6.04 Å². The van der Waals surface area contributed by atoms with Crippen molar-refractivity contribution >= 4 is 33.5 Å². The van der Waals surface area contributed by atoms with Crippen LogP contribution in [0.2, 0.25) is 0 Å². The first-order chi connectivity index (χ1) is 12.1. The average molecular weight is 356 g/mol. The van der Waals surface area contributed by atoms with E-state index in [-0.39, 0.29) is 17.1 Å². The zero-order valence-corrected chi connectivity index (χ0v) is 13.8. The Kier molecular flexibility index (Phi) is 3.89. The third-order valence-electron chi connectivity index (χ3n) is 4.02. The van der Waals surface area contributed by atoms with Gasteiger partial charge in [-0.25, -0.2) is 14.4 Å². The van der Waals surface area contributed by atoms with Crippen LogP contribution in [0.3, 0.4) is 0 Å². The molecule has 0 radical (unpaired) electrons. The summed E-state index contributed by atoms with van der Waals surface area (Å²) in [5.41, 5.74) is 0.798. The Bertz CT molecular complexity index is 941. The number of benzene rings is 1. The molecule has 3 heterocycles. The molecular weight excluding hydrogens is 343 g/mol. The van der Waals surface area contributed by atoms with Crippen molar-refractivity contribution in [1.82, 2.24) is 20.2 Å². The van der Waals surface area contributed by atoms with Gasteiger partial charge in [-0.1, -0.05) is 29.5 Å². The van der Waals surface area contributed by atoms with Crippen molar-refractivity contribution in [2.24, 2.45) is 0 Å². The molecule has 0 bridgehead atoms. The molecule has 126 valence electrons. The highest BCUT2D eigenvalue weighted by Crippen LogP contribution is 2.29. The van der Waals surface area contributed by atoms with E-state index in [0.717, 1.165) is 11.3 Å². The number of pyridine rings is 1. The minimum absolute atomic E-state index is 0.173. The second kappa shape index (κ2) is 6.21. The molecule has 0 spiro atoms. The summed E-state index contributed by atoms with van der Waals surface area (Å²) >= 11 is 1.16. The van der Waals surface area contributed by atoms with E-state index in [1.807, 2.05) is 0 Å². The van der Waals surface area contributed by atoms with E-state index in [1.165, 1.54) is 17.0 Å². The van der Waals surface area contributed by atoms with Gasteiger partial charge in [-0.2, -0.15) is 0 Å². The van der Waals surface area contributed by atoms with Crippen molar-refractivity contribution in [1.29, 1.82) is 0 Å². The Labute approximate surface area is 146 Å². The summed E-state index contributed by atoms with van der Waals surface area (Å²) < 4.78 is 14.2. The molecule has 6 nitrogen and oxygen atoms in total. The highest BCUT2D eigenvalue weighted by Gasteiger charge is 2.37. The second-order valence-corrected chi connectivity index (χ2v) is 6.54. The molecule has 1 atom stereocenters. The number of carbonyl (C=O) groups is 2. The minimum Gasteiger partial charge on any atom is -0.352 e. The molecule has 1 aromatic carbocycles. The molecule has 1 fully saturated rings. The van der Waals surface area contributed by atoms with E-state index >= 15 is 0 Å². The third-order valence-corrected chi connectivity index (χ3v) is 4.99. The van der Waals surface area contributed by atoms with E-state index in [9.17, 15) is 14.0 Å². The van der Waals surface area contributed by atoms with Crippen molar-refractivity contribution in [3.05, 3.63) is 59.0 Å². The van der Waals surface area contributed by atoms with Gasteiger partial charge in [-0.3, -0.25) is 9.59 Å². The van der Waals surface area contributed by atoms with Gasteiger partial charge < -0.3 is 10.2 Å². The number of halogens is 1. The lowest BCUT2D eigenvalue weighted by Gasteiger charge is -2.34. The largest absolute Gasteiger partial charge is 0.352 e. The maximum atomic E-state index is 14.2. The zero-order valence-electron chi connectivity index (χ0n) is 13.0. The Hall–Kier alpha value is -2.87. The highest BCUT2D eigenvalue weighted by molar-refractivity contribution is 7.19. The van der Waals surface area contributed by atoms with Gasteiger partial charge in [0.2, 0.25) is 5.91 Å². The third kappa shape index (κ3) is 2.74. The average Bonchev–Trinajstić information content (AvgIpc) is 3.06. The van der Waals surface area contributed by atoms with Crippen LogP contribution in [0.5, 0.6) is 0 Å². The second-order valence-electron chi connectivity index (χ2n) is 5.56. The maximum absolute atomic E-state index is 14.2. The van der Waals surface area contributed by atoms with E-state index in [1.54, 1.807) is 30.5 Å². The molecule has 1 saturated heterocycles. The van der Waals surface area contributed by atoms with Gasteiger partial charge in [0.15, 0.2) is 5.01 Å². The van der Waals surface area contributed by atoms with Gasteiger partial charge in [0, 0.05) is 24.8 Å². The lowest BCUT2D eigenvalue weighted by molar-refractivity contribution is -0.128. The van der Waals surface area contributed by atoms with Crippen LogP contribution in [0.1, 0.15) is 21.4 Å². The number of nitrogens with zero attached hydrogens (tertiary/aromatic N) is 3. The molecule has 8 heteroatoms. The first kappa shape index (κ1) is 15.6. The normalized spacial score (nSPS) is 17.6. The molecule has 0 saturated carbocycles. The van der Waals surface area contributed by atoms with Crippen molar-refractivity contribution in [3.63, 3.8) is 0 Å². The summed E-state index contributed by atoms with van der Waals surface area (Å²) in [6.45, 7) is 0.603. The number of carbonyl (C=O) groups excluding carboxylic acids is 2. The molecule has 1 unspecified atom stereocenters. The zero-order chi connectivity index (χ0) is 17.4. The van der Waals surface area contributed by atoms with Gasteiger partial charge in [0.05, 0.1) is 0 Å². The van der Waals surface area contributed by atoms with E-state index in [0.29, 0.717) is 16.9 Å². The van der Waals surface area contributed by atoms with Crippen LogP contribution in [-0.2, 0) is 4.79 Å². The molecule has 3 aromatic rings. The number of fused-ring (bicyclic) bond motifs is 1. The minimum atomic E-state index is -1.01. The number of nitrogens with one attached hydrogen (secondary N) is 1. The van der Waals surface area contributed by atoms with Crippen molar-refractivity contribution in [3.8, 4) is 0 Å². The first-order valence-electron chi connectivity index (χ1n) is 7.70. The quantitative estimate of drug-likeness (QED) is 0.763. The van der Waals surface area contributed by atoms with Gasteiger partial charge >= 0.3 is 0 Å². The predicted octanol–water partition coefficient (Wildman–Crippen LogP) is 2.14. The fourth-order valence-corrected chi connectivity index (χ4v) is 3.74. The summed E-state index contributed by atoms with van der Waals surface area (Å²) in [5.74, 6) is -1.32. The van der Waals surface area contributed by atoms with Crippen LogP contribution in [0.25, 0.3) is 10.3 Å². The molecule has 1 aliphatic rings. The monoisotopic (exact) mass is 356 g/mol. The first-order valence-corrected chi connectivity index (χ1v) is 8.51. The Morgan fingerprint density at radius 3 is 2.92 bits per heavy atom. The predicted molar refractivity (Wildman–Crippen MR) is 90.6 cm³/mol. The molecule has 25 heavy (non-hydrogen) atoms. The number of piperazine rings is 1. The molecular formula is C17H13FN4O2S. The molecule has 2 amide bonds. The van der Waals surface area contributed by atoms with E-state index < -0.39 is 23.7 Å². The number of aromatic nitrogens is 2. The highest BCUT2D eigenvalue weighted by atomic mass is 32.1. The van der Waals surface area contributed by atoms with Gasteiger partial charge in [0.25, 0.3) is 5.91 Å². The van der Waals surface area contributed by atoms with E-state index in [2.05, 4.69) is 15.3 Å². The number of thiazole rings is 1. The van der Waals surface area contributed by atoms with Gasteiger partial charge in [0.1, 0.15) is 22.2 Å². The SMILES string of the molecule is O=C1NCCN(C(=O)c2nc3cccnc3s2)C1c1ccccc1F. The van der Waals surface area contributed by atoms with Crippen LogP contribution in [0.15, 0.2) is 42.6 Å². The lowest BCUT2D eigenvalue weighted by atomic mass is 10.0. The van der Waals surface area contributed by atoms with Gasteiger partial charge in [-0.05, 0) is 18.2 Å². The lowest BCUT2D eigenvalue weighted by Crippen LogP contribution is -2.52. The fourth-order valence-electron chi connectivity index (χ4n) is 2.88. The fraction of sp³-hybridized carbons (Fsp3) is 0.176. The van der Waals surface area contributed by atoms with Crippen LogP contribution in [-0.4, -0.2) is 39.8 Å². The maximum Gasteiger partial charge on any atom is 0.283 e. The molecule has 1 N–H and O–H groups in total. The number of rotatable bonds is 2. The molecule has 4 rings (SSSR count). The Morgan fingerprint density at radius 2 is 2.12 bits per heavy atom. The summed E-state index contributed by atoms with van der Waals surface area (Å²) in [7, 11) is 0. The summed E-state index contributed by atoms with van der Waals surface area (Å²) in [5, 5.41) is 2.93. The van der Waals surface area contributed by atoms with Crippen LogP contribution < -0.4 is 5.32 Å². The smallest absolute Gasteiger partial charge is 0.283 e. The molecule has 2 aromatic heterocycles. The standard InChI is InChI=1S/C17H13FN4O2S/c18-11-5-2-1-4-10(11)13-14(23)19-8-9-22(13)17(24)16-21-12-6-3-7-20-15(12)25-16/h1-7,13H,8-9H2,(H,19,23). The number of amides is 2. The van der Waals surface area contributed by atoms with Crippen molar-refractivity contribution < 1.29 is 14.0 Å². The summed E-state index contributed by atoms with van der Waals surface area (Å²) in [4.78, 5) is 35.8. The number of hydrogen-bond donors (Lipinski definition) is 1. The number of hydrogen-bond acceptors (Lipinski definition) is 5. The Morgan fingerprint density at radius 1 is 1.28 bits per heavy atom. The van der Waals surface area contributed by atoms with Crippen LogP contribution in [0, 0.1) is 5.82 Å². The Balaban J connectivity index is 1.74. The van der Waals surface area contributed by atoms with Crippen molar-refractivity contribution in [2.75, 3.05) is 13.1 Å².